The number of rotatable bonds is 7. The highest BCUT2D eigenvalue weighted by atomic mass is 19.4. The van der Waals surface area contributed by atoms with Crippen molar-refractivity contribution in [1.29, 1.82) is 0 Å². The summed E-state index contributed by atoms with van der Waals surface area (Å²) in [5, 5.41) is 5.67. The lowest BCUT2D eigenvalue weighted by atomic mass is 10.2. The van der Waals surface area contributed by atoms with Crippen LogP contribution in [0.4, 0.5) is 13.2 Å². The van der Waals surface area contributed by atoms with E-state index in [1.165, 1.54) is 24.3 Å². The van der Waals surface area contributed by atoms with E-state index in [0.717, 1.165) is 5.56 Å². The zero-order valence-corrected chi connectivity index (χ0v) is 12.0. The quantitative estimate of drug-likeness (QED) is 0.813. The third kappa shape index (κ3) is 8.19. The molecule has 2 N–H and O–H groups in total. The second-order valence-corrected chi connectivity index (χ2v) is 4.99. The van der Waals surface area contributed by atoms with Crippen molar-refractivity contribution in [3.63, 3.8) is 0 Å². The van der Waals surface area contributed by atoms with Crippen LogP contribution in [-0.2, 0) is 11.3 Å². The maximum Gasteiger partial charge on any atom is 0.573 e. The molecule has 0 radical (unpaired) electrons. The fourth-order valence-corrected chi connectivity index (χ4v) is 1.51. The van der Waals surface area contributed by atoms with Gasteiger partial charge in [-0.15, -0.1) is 13.2 Å². The Bertz CT molecular complexity index is 445. The number of benzene rings is 1. The first-order valence-corrected chi connectivity index (χ1v) is 6.58. The van der Waals surface area contributed by atoms with Crippen molar-refractivity contribution in [2.75, 3.05) is 13.1 Å². The van der Waals surface area contributed by atoms with Crippen LogP contribution >= 0.6 is 0 Å². The van der Waals surface area contributed by atoms with Crippen molar-refractivity contribution in [1.82, 2.24) is 10.6 Å². The van der Waals surface area contributed by atoms with Gasteiger partial charge in [-0.3, -0.25) is 4.79 Å². The van der Waals surface area contributed by atoms with E-state index >= 15 is 0 Å². The molecule has 1 aromatic carbocycles. The van der Waals surface area contributed by atoms with Crippen molar-refractivity contribution >= 4 is 5.91 Å². The normalized spacial score (nSPS) is 11.5. The average Bonchev–Trinajstić information content (AvgIpc) is 2.37. The lowest BCUT2D eigenvalue weighted by Crippen LogP contribution is -2.35. The van der Waals surface area contributed by atoms with Crippen molar-refractivity contribution in [3.05, 3.63) is 29.8 Å². The lowest BCUT2D eigenvalue weighted by Gasteiger charge is -2.10. The molecular weight excluding hydrogens is 285 g/mol. The maximum absolute atomic E-state index is 12.0. The highest BCUT2D eigenvalue weighted by Gasteiger charge is 2.30. The Labute approximate surface area is 121 Å². The van der Waals surface area contributed by atoms with Gasteiger partial charge >= 0.3 is 6.36 Å². The lowest BCUT2D eigenvalue weighted by molar-refractivity contribution is -0.274. The van der Waals surface area contributed by atoms with Crippen molar-refractivity contribution in [2.45, 2.75) is 26.8 Å². The number of nitrogens with one attached hydrogen (secondary N) is 2. The Balaban J connectivity index is 2.31. The minimum absolute atomic E-state index is 0.110. The Kier molecular flexibility index (Phi) is 6.48. The topological polar surface area (TPSA) is 50.4 Å². The molecule has 118 valence electrons. The molecular formula is C14H19F3N2O2. The highest BCUT2D eigenvalue weighted by Crippen LogP contribution is 2.22. The van der Waals surface area contributed by atoms with Gasteiger partial charge in [0.15, 0.2) is 0 Å². The molecule has 7 heteroatoms. The Morgan fingerprint density at radius 3 is 2.38 bits per heavy atom. The number of hydrogen-bond donors (Lipinski definition) is 2. The van der Waals surface area contributed by atoms with Gasteiger partial charge in [-0.1, -0.05) is 26.0 Å². The van der Waals surface area contributed by atoms with Gasteiger partial charge in [0.1, 0.15) is 5.75 Å². The third-order valence-corrected chi connectivity index (χ3v) is 2.48. The van der Waals surface area contributed by atoms with E-state index in [4.69, 9.17) is 0 Å². The van der Waals surface area contributed by atoms with E-state index in [2.05, 4.69) is 15.4 Å². The molecule has 0 aliphatic heterocycles. The summed E-state index contributed by atoms with van der Waals surface area (Å²) in [6, 6.07) is 5.51. The Morgan fingerprint density at radius 2 is 1.86 bits per heavy atom. The molecule has 0 unspecified atom stereocenters. The summed E-state index contributed by atoms with van der Waals surface area (Å²) in [6.45, 7) is 5.16. The SMILES string of the molecule is CC(C)CNC(=O)CNCc1ccc(OC(F)(F)F)cc1. The number of carbonyl (C=O) groups is 1. The Hall–Kier alpha value is -1.76. The van der Waals surface area contributed by atoms with E-state index in [-0.39, 0.29) is 18.2 Å². The summed E-state index contributed by atoms with van der Waals surface area (Å²) in [6.07, 6.45) is -4.69. The van der Waals surface area contributed by atoms with Gasteiger partial charge in [-0.2, -0.15) is 0 Å². The molecule has 21 heavy (non-hydrogen) atoms. The predicted molar refractivity (Wildman–Crippen MR) is 72.7 cm³/mol. The Morgan fingerprint density at radius 1 is 1.24 bits per heavy atom. The average molecular weight is 304 g/mol. The molecule has 4 nitrogen and oxygen atoms in total. The third-order valence-electron chi connectivity index (χ3n) is 2.48. The van der Waals surface area contributed by atoms with Crippen molar-refractivity contribution < 1.29 is 22.7 Å². The number of carbonyl (C=O) groups excluding carboxylic acids is 1. The number of hydrogen-bond acceptors (Lipinski definition) is 3. The number of alkyl halides is 3. The molecule has 0 saturated heterocycles. The van der Waals surface area contributed by atoms with Gasteiger partial charge in [0, 0.05) is 13.1 Å². The van der Waals surface area contributed by atoms with E-state index < -0.39 is 6.36 Å². The summed E-state index contributed by atoms with van der Waals surface area (Å²) < 4.78 is 39.7. The van der Waals surface area contributed by atoms with Gasteiger partial charge in [0.2, 0.25) is 5.91 Å². The summed E-state index contributed by atoms with van der Waals surface area (Å²) in [4.78, 5) is 11.4. The molecule has 0 heterocycles. The summed E-state index contributed by atoms with van der Waals surface area (Å²) in [7, 11) is 0. The van der Waals surface area contributed by atoms with Gasteiger partial charge in [0.05, 0.1) is 6.54 Å². The molecule has 0 aliphatic carbocycles. The summed E-state index contributed by atoms with van der Waals surface area (Å²) in [5.74, 6) is 0.0109. The fourth-order valence-electron chi connectivity index (χ4n) is 1.51. The molecule has 0 spiro atoms. The monoisotopic (exact) mass is 304 g/mol. The highest BCUT2D eigenvalue weighted by molar-refractivity contribution is 5.77. The molecule has 0 fully saturated rings. The van der Waals surface area contributed by atoms with Crippen LogP contribution in [0.25, 0.3) is 0 Å². The standard InChI is InChI=1S/C14H19F3N2O2/c1-10(2)7-19-13(20)9-18-8-11-3-5-12(6-4-11)21-14(15,16)17/h3-6,10,18H,7-9H2,1-2H3,(H,19,20). The molecule has 0 atom stereocenters. The van der Waals surface area contributed by atoms with Gasteiger partial charge in [-0.05, 0) is 23.6 Å². The van der Waals surface area contributed by atoms with Crippen molar-refractivity contribution in [3.8, 4) is 5.75 Å². The largest absolute Gasteiger partial charge is 0.573 e. The second kappa shape index (κ2) is 7.87. The number of halogens is 3. The summed E-state index contributed by atoms with van der Waals surface area (Å²) in [5.41, 5.74) is 0.765. The van der Waals surface area contributed by atoms with Crippen LogP contribution < -0.4 is 15.4 Å². The van der Waals surface area contributed by atoms with Gasteiger partial charge < -0.3 is 15.4 Å². The molecule has 1 rings (SSSR count). The zero-order chi connectivity index (χ0) is 15.9. The minimum Gasteiger partial charge on any atom is -0.406 e. The fraction of sp³-hybridized carbons (Fsp3) is 0.500. The van der Waals surface area contributed by atoms with Crippen LogP contribution in [0, 0.1) is 5.92 Å². The van der Waals surface area contributed by atoms with Gasteiger partial charge in [0.25, 0.3) is 0 Å². The van der Waals surface area contributed by atoms with Crippen LogP contribution in [0.15, 0.2) is 24.3 Å². The molecule has 1 aromatic rings. The van der Waals surface area contributed by atoms with E-state index in [1.54, 1.807) is 0 Å². The minimum atomic E-state index is -4.69. The summed E-state index contributed by atoms with van der Waals surface area (Å²) >= 11 is 0. The molecule has 0 saturated carbocycles. The van der Waals surface area contributed by atoms with E-state index in [0.29, 0.717) is 19.0 Å². The molecule has 1 amide bonds. The van der Waals surface area contributed by atoms with Crippen LogP contribution in [0.3, 0.4) is 0 Å². The van der Waals surface area contributed by atoms with E-state index in [9.17, 15) is 18.0 Å². The van der Waals surface area contributed by atoms with E-state index in [1.807, 2.05) is 13.8 Å². The number of amides is 1. The van der Waals surface area contributed by atoms with Crippen LogP contribution in [0.5, 0.6) is 5.75 Å². The first kappa shape index (κ1) is 17.3. The molecule has 0 aliphatic rings. The van der Waals surface area contributed by atoms with Crippen LogP contribution in [0.2, 0.25) is 0 Å². The second-order valence-electron chi connectivity index (χ2n) is 4.99. The first-order valence-electron chi connectivity index (χ1n) is 6.58. The number of ether oxygens (including phenoxy) is 1. The van der Waals surface area contributed by atoms with Crippen LogP contribution in [-0.4, -0.2) is 25.4 Å². The zero-order valence-electron chi connectivity index (χ0n) is 12.0. The van der Waals surface area contributed by atoms with Gasteiger partial charge in [-0.25, -0.2) is 0 Å². The first-order chi connectivity index (χ1) is 9.76. The predicted octanol–water partition coefficient (Wildman–Crippen LogP) is 2.45. The van der Waals surface area contributed by atoms with Crippen molar-refractivity contribution in [2.24, 2.45) is 5.92 Å². The van der Waals surface area contributed by atoms with Crippen LogP contribution in [0.1, 0.15) is 19.4 Å². The molecule has 0 aromatic heterocycles. The molecule has 0 bridgehead atoms. The smallest absolute Gasteiger partial charge is 0.406 e. The maximum atomic E-state index is 12.0.